The smallest absolute Gasteiger partial charge is 0.236 e. The maximum atomic E-state index is 12.8. The fraction of sp³-hybridized carbons (Fsp3) is 0.478. The largest absolute Gasteiger partial charge is 0.497 e. The highest BCUT2D eigenvalue weighted by atomic mass is 16.5. The molecule has 3 rings (SSSR count). The van der Waals surface area contributed by atoms with Gasteiger partial charge in [-0.05, 0) is 35.7 Å². The first-order valence-electron chi connectivity index (χ1n) is 10.2. The van der Waals surface area contributed by atoms with Crippen LogP contribution in [0.3, 0.4) is 0 Å². The Bertz CT molecular complexity index is 782. The minimum absolute atomic E-state index is 0.0601. The van der Waals surface area contributed by atoms with Crippen LogP contribution in [-0.4, -0.2) is 60.1 Å². The summed E-state index contributed by atoms with van der Waals surface area (Å²) >= 11 is 0. The summed E-state index contributed by atoms with van der Waals surface area (Å²) in [4.78, 5) is 21.3. The van der Waals surface area contributed by atoms with Crippen molar-refractivity contribution in [3.8, 4) is 5.75 Å². The standard InChI is InChI=1S/C23H31N3O3/c1-18(2)12-26-15-22(29-17-19-7-6-9-21(11-19)28-3)14-25(16-23(26)27)13-20-8-4-5-10-24-20/h4-11,18,22H,12-17H2,1-3H3. The number of ether oxygens (including phenoxy) is 2. The summed E-state index contributed by atoms with van der Waals surface area (Å²) in [6.45, 7) is 7.84. The van der Waals surface area contributed by atoms with Gasteiger partial charge in [0.25, 0.3) is 0 Å². The number of hydrogen-bond acceptors (Lipinski definition) is 5. The van der Waals surface area contributed by atoms with Crippen LogP contribution in [-0.2, 0) is 22.7 Å². The van der Waals surface area contributed by atoms with Crippen LogP contribution in [0.5, 0.6) is 5.75 Å². The van der Waals surface area contributed by atoms with Gasteiger partial charge in [0.15, 0.2) is 0 Å². The van der Waals surface area contributed by atoms with Gasteiger partial charge in [-0.25, -0.2) is 0 Å². The highest BCUT2D eigenvalue weighted by Gasteiger charge is 2.29. The topological polar surface area (TPSA) is 54.9 Å². The third-order valence-corrected chi connectivity index (χ3v) is 4.91. The van der Waals surface area contributed by atoms with E-state index in [2.05, 4.69) is 23.7 Å². The zero-order valence-corrected chi connectivity index (χ0v) is 17.6. The molecule has 29 heavy (non-hydrogen) atoms. The lowest BCUT2D eigenvalue weighted by Crippen LogP contribution is -2.40. The maximum absolute atomic E-state index is 12.8. The minimum Gasteiger partial charge on any atom is -0.497 e. The van der Waals surface area contributed by atoms with Crippen LogP contribution in [0.1, 0.15) is 25.1 Å². The number of aromatic nitrogens is 1. The number of amides is 1. The summed E-state index contributed by atoms with van der Waals surface area (Å²) in [5, 5.41) is 0. The second-order valence-electron chi connectivity index (χ2n) is 7.97. The summed E-state index contributed by atoms with van der Waals surface area (Å²) in [6, 6.07) is 13.8. The lowest BCUT2D eigenvalue weighted by Gasteiger charge is -2.26. The van der Waals surface area contributed by atoms with Crippen molar-refractivity contribution < 1.29 is 14.3 Å². The molecule has 1 aromatic carbocycles. The van der Waals surface area contributed by atoms with Crippen LogP contribution in [0.4, 0.5) is 0 Å². The van der Waals surface area contributed by atoms with E-state index in [4.69, 9.17) is 9.47 Å². The molecule has 0 radical (unpaired) electrons. The Labute approximate surface area is 173 Å². The van der Waals surface area contributed by atoms with Crippen molar-refractivity contribution in [3.63, 3.8) is 0 Å². The molecule has 0 spiro atoms. The van der Waals surface area contributed by atoms with E-state index in [1.807, 2.05) is 47.4 Å². The predicted octanol–water partition coefficient (Wildman–Crippen LogP) is 2.98. The number of methoxy groups -OCH3 is 1. The summed E-state index contributed by atoms with van der Waals surface area (Å²) < 4.78 is 11.6. The van der Waals surface area contributed by atoms with Gasteiger partial charge in [0.05, 0.1) is 32.1 Å². The Hall–Kier alpha value is -2.44. The molecular formula is C23H31N3O3. The maximum Gasteiger partial charge on any atom is 0.236 e. The quantitative estimate of drug-likeness (QED) is 0.685. The van der Waals surface area contributed by atoms with Crippen LogP contribution >= 0.6 is 0 Å². The van der Waals surface area contributed by atoms with Gasteiger partial charge >= 0.3 is 0 Å². The highest BCUT2D eigenvalue weighted by Crippen LogP contribution is 2.17. The molecule has 2 aromatic rings. The molecule has 1 aromatic heterocycles. The van der Waals surface area contributed by atoms with E-state index in [-0.39, 0.29) is 12.0 Å². The third-order valence-electron chi connectivity index (χ3n) is 4.91. The van der Waals surface area contributed by atoms with E-state index in [1.165, 1.54) is 0 Å². The molecule has 1 amide bonds. The zero-order chi connectivity index (χ0) is 20.6. The third kappa shape index (κ3) is 6.54. The van der Waals surface area contributed by atoms with E-state index in [9.17, 15) is 4.79 Å². The first-order valence-corrected chi connectivity index (χ1v) is 10.2. The Morgan fingerprint density at radius 2 is 2.03 bits per heavy atom. The van der Waals surface area contributed by atoms with E-state index < -0.39 is 0 Å². The zero-order valence-electron chi connectivity index (χ0n) is 17.6. The molecule has 1 saturated heterocycles. The molecule has 0 N–H and O–H groups in total. The summed E-state index contributed by atoms with van der Waals surface area (Å²) in [5.74, 6) is 1.39. The van der Waals surface area contributed by atoms with Crippen LogP contribution in [0.15, 0.2) is 48.7 Å². The number of carbonyl (C=O) groups is 1. The van der Waals surface area contributed by atoms with Crippen molar-refractivity contribution in [2.75, 3.05) is 33.3 Å². The second kappa shape index (κ2) is 10.4. The number of benzene rings is 1. The van der Waals surface area contributed by atoms with Gasteiger partial charge in [-0.3, -0.25) is 14.7 Å². The van der Waals surface area contributed by atoms with Crippen LogP contribution in [0.25, 0.3) is 0 Å². The van der Waals surface area contributed by atoms with Crippen molar-refractivity contribution in [2.24, 2.45) is 5.92 Å². The molecule has 2 heterocycles. The van der Waals surface area contributed by atoms with Crippen molar-refractivity contribution in [3.05, 3.63) is 59.9 Å². The lowest BCUT2D eigenvalue weighted by molar-refractivity contribution is -0.132. The van der Waals surface area contributed by atoms with E-state index in [0.717, 1.165) is 23.6 Å². The first kappa shape index (κ1) is 21.3. The SMILES string of the molecule is COc1cccc(COC2CN(Cc3ccccn3)CC(=O)N(CC(C)C)C2)c1. The number of nitrogens with zero attached hydrogens (tertiary/aromatic N) is 3. The number of rotatable bonds is 8. The first-order chi connectivity index (χ1) is 14.0. The van der Waals surface area contributed by atoms with E-state index >= 15 is 0 Å². The molecule has 6 heteroatoms. The molecular weight excluding hydrogens is 366 g/mol. The van der Waals surface area contributed by atoms with Gasteiger partial charge in [0, 0.05) is 32.4 Å². The van der Waals surface area contributed by atoms with Crippen LogP contribution in [0.2, 0.25) is 0 Å². The second-order valence-corrected chi connectivity index (χ2v) is 7.97. The number of hydrogen-bond donors (Lipinski definition) is 0. The average Bonchev–Trinajstić information content (AvgIpc) is 2.85. The molecule has 0 bridgehead atoms. The Morgan fingerprint density at radius 3 is 2.76 bits per heavy atom. The van der Waals surface area contributed by atoms with Crippen LogP contribution < -0.4 is 4.74 Å². The van der Waals surface area contributed by atoms with E-state index in [1.54, 1.807) is 13.3 Å². The van der Waals surface area contributed by atoms with Gasteiger partial charge in [0.2, 0.25) is 5.91 Å². The van der Waals surface area contributed by atoms with Crippen molar-refractivity contribution in [2.45, 2.75) is 33.1 Å². The molecule has 156 valence electrons. The summed E-state index contributed by atoms with van der Waals surface area (Å²) in [7, 11) is 1.66. The fourth-order valence-corrected chi connectivity index (χ4v) is 3.59. The molecule has 0 aliphatic carbocycles. The van der Waals surface area contributed by atoms with Gasteiger partial charge in [-0.15, -0.1) is 0 Å². The van der Waals surface area contributed by atoms with Crippen LogP contribution in [0, 0.1) is 5.92 Å². The molecule has 1 fully saturated rings. The molecule has 1 atom stereocenters. The van der Waals surface area contributed by atoms with Crippen molar-refractivity contribution in [1.29, 1.82) is 0 Å². The number of pyridine rings is 1. The van der Waals surface area contributed by atoms with Gasteiger partial charge < -0.3 is 14.4 Å². The Kier molecular flexibility index (Phi) is 7.61. The summed E-state index contributed by atoms with van der Waals surface area (Å²) in [6.07, 6.45) is 1.73. The van der Waals surface area contributed by atoms with Crippen molar-refractivity contribution >= 4 is 5.91 Å². The van der Waals surface area contributed by atoms with Gasteiger partial charge in [0.1, 0.15) is 5.75 Å². The highest BCUT2D eigenvalue weighted by molar-refractivity contribution is 5.78. The Balaban J connectivity index is 1.70. The predicted molar refractivity (Wildman–Crippen MR) is 113 cm³/mol. The van der Waals surface area contributed by atoms with E-state index in [0.29, 0.717) is 38.7 Å². The molecule has 1 aliphatic heterocycles. The number of carbonyl (C=O) groups excluding carboxylic acids is 1. The molecule has 1 unspecified atom stereocenters. The Morgan fingerprint density at radius 1 is 1.17 bits per heavy atom. The fourth-order valence-electron chi connectivity index (χ4n) is 3.59. The monoisotopic (exact) mass is 397 g/mol. The van der Waals surface area contributed by atoms with Crippen molar-refractivity contribution in [1.82, 2.24) is 14.8 Å². The lowest BCUT2D eigenvalue weighted by atomic mass is 10.2. The minimum atomic E-state index is -0.0601. The van der Waals surface area contributed by atoms with Gasteiger partial charge in [-0.1, -0.05) is 32.0 Å². The molecule has 0 saturated carbocycles. The normalized spacial score (nSPS) is 18.1. The van der Waals surface area contributed by atoms with Gasteiger partial charge in [-0.2, -0.15) is 0 Å². The molecule has 1 aliphatic rings. The molecule has 6 nitrogen and oxygen atoms in total. The summed E-state index contributed by atoms with van der Waals surface area (Å²) in [5.41, 5.74) is 2.02. The average molecular weight is 398 g/mol.